The van der Waals surface area contributed by atoms with Crippen molar-refractivity contribution in [1.29, 1.82) is 0 Å². The number of benzene rings is 1. The number of nitrogens with zero attached hydrogens (tertiary/aromatic N) is 6. The Balaban J connectivity index is 1.62. The lowest BCUT2D eigenvalue weighted by Crippen LogP contribution is -2.18. The number of para-hydroxylation sites is 1. The third-order valence-electron chi connectivity index (χ3n) is 4.58. The maximum atomic E-state index is 13.1. The summed E-state index contributed by atoms with van der Waals surface area (Å²) in [6.45, 7) is 1.61. The van der Waals surface area contributed by atoms with E-state index in [-0.39, 0.29) is 5.91 Å². The second kappa shape index (κ2) is 8.71. The van der Waals surface area contributed by atoms with Crippen LogP contribution in [-0.4, -0.2) is 56.0 Å². The van der Waals surface area contributed by atoms with Crippen molar-refractivity contribution in [1.82, 2.24) is 29.4 Å². The zero-order valence-corrected chi connectivity index (χ0v) is 16.9. The maximum absolute atomic E-state index is 13.1. The van der Waals surface area contributed by atoms with E-state index in [4.69, 9.17) is 0 Å². The summed E-state index contributed by atoms with van der Waals surface area (Å²) < 4.78 is 3.52. The van der Waals surface area contributed by atoms with E-state index in [0.717, 1.165) is 24.3 Å². The highest BCUT2D eigenvalue weighted by Gasteiger charge is 2.19. The van der Waals surface area contributed by atoms with Crippen LogP contribution < -0.4 is 5.32 Å². The Morgan fingerprint density at radius 3 is 2.63 bits per heavy atom. The lowest BCUT2D eigenvalue weighted by Gasteiger charge is -2.08. The van der Waals surface area contributed by atoms with Crippen LogP contribution in [0.15, 0.2) is 73.4 Å². The number of pyridine rings is 1. The molecule has 0 radical (unpaired) electrons. The Hall–Kier alpha value is -3.78. The van der Waals surface area contributed by atoms with Gasteiger partial charge >= 0.3 is 0 Å². The maximum Gasteiger partial charge on any atom is 0.259 e. The van der Waals surface area contributed by atoms with Crippen molar-refractivity contribution in [3.8, 4) is 16.9 Å². The van der Waals surface area contributed by atoms with Crippen molar-refractivity contribution in [3.05, 3.63) is 79.0 Å². The Morgan fingerprint density at radius 2 is 1.90 bits per heavy atom. The third kappa shape index (κ3) is 4.44. The van der Waals surface area contributed by atoms with Crippen LogP contribution >= 0.6 is 0 Å². The number of aromatic nitrogens is 5. The molecule has 0 fully saturated rings. The molecule has 3 heterocycles. The van der Waals surface area contributed by atoms with Crippen LogP contribution in [0.3, 0.4) is 0 Å². The van der Waals surface area contributed by atoms with Gasteiger partial charge in [0.2, 0.25) is 0 Å². The smallest absolute Gasteiger partial charge is 0.259 e. The highest BCUT2D eigenvalue weighted by molar-refractivity contribution is 6.08. The summed E-state index contributed by atoms with van der Waals surface area (Å²) in [6.07, 6.45) is 8.61. The van der Waals surface area contributed by atoms with Gasteiger partial charge in [-0.15, -0.1) is 0 Å². The zero-order chi connectivity index (χ0) is 20.9. The predicted molar refractivity (Wildman–Crippen MR) is 116 cm³/mol. The summed E-state index contributed by atoms with van der Waals surface area (Å²) in [7, 11) is 4.02. The van der Waals surface area contributed by atoms with Gasteiger partial charge in [0.1, 0.15) is 5.69 Å². The summed E-state index contributed by atoms with van der Waals surface area (Å²) in [5.41, 5.74) is 3.33. The fourth-order valence-corrected chi connectivity index (χ4v) is 3.02. The first-order valence-electron chi connectivity index (χ1n) is 9.64. The molecule has 1 aromatic carbocycles. The fraction of sp³-hybridized carbons (Fsp3) is 0.182. The predicted octanol–water partition coefficient (Wildman–Crippen LogP) is 2.94. The monoisotopic (exact) mass is 401 g/mol. The molecule has 0 aliphatic carbocycles. The second-order valence-electron chi connectivity index (χ2n) is 7.16. The van der Waals surface area contributed by atoms with Gasteiger partial charge in [0.15, 0.2) is 0 Å². The lowest BCUT2D eigenvalue weighted by molar-refractivity contribution is 0.102. The molecular weight excluding hydrogens is 378 g/mol. The summed E-state index contributed by atoms with van der Waals surface area (Å²) in [4.78, 5) is 19.3. The Labute approximate surface area is 174 Å². The molecule has 0 unspecified atom stereocenters. The molecule has 8 heteroatoms. The minimum absolute atomic E-state index is 0.247. The quantitative estimate of drug-likeness (QED) is 0.515. The number of rotatable bonds is 7. The number of amides is 1. The first-order valence-corrected chi connectivity index (χ1v) is 9.64. The van der Waals surface area contributed by atoms with Gasteiger partial charge in [-0.1, -0.05) is 18.2 Å². The topological polar surface area (TPSA) is 80.9 Å². The van der Waals surface area contributed by atoms with Crippen molar-refractivity contribution in [2.45, 2.75) is 6.54 Å². The molecular formula is C22H23N7O. The van der Waals surface area contributed by atoms with Crippen molar-refractivity contribution >= 4 is 11.6 Å². The summed E-state index contributed by atoms with van der Waals surface area (Å²) in [6, 6.07) is 13.4. The molecule has 0 aliphatic heterocycles. The number of anilines is 1. The molecule has 4 aromatic rings. The van der Waals surface area contributed by atoms with E-state index in [0.29, 0.717) is 16.9 Å². The van der Waals surface area contributed by atoms with E-state index in [2.05, 4.69) is 25.4 Å². The number of hydrogen-bond acceptors (Lipinski definition) is 5. The Bertz CT molecular complexity index is 1120. The molecule has 8 nitrogen and oxygen atoms in total. The molecule has 152 valence electrons. The second-order valence-corrected chi connectivity index (χ2v) is 7.16. The van der Waals surface area contributed by atoms with Crippen LogP contribution in [0.4, 0.5) is 5.69 Å². The van der Waals surface area contributed by atoms with Crippen LogP contribution in [-0.2, 0) is 6.54 Å². The van der Waals surface area contributed by atoms with Gasteiger partial charge in [0.25, 0.3) is 5.91 Å². The fourth-order valence-electron chi connectivity index (χ4n) is 3.02. The van der Waals surface area contributed by atoms with E-state index < -0.39 is 0 Å². The molecule has 0 spiro atoms. The number of carbonyl (C=O) groups is 1. The molecule has 0 bridgehead atoms. The molecule has 0 aliphatic rings. The van der Waals surface area contributed by atoms with E-state index in [1.165, 1.54) is 0 Å². The number of likely N-dealkylation sites (N-methyl/N-ethyl adjacent to an activating group) is 1. The SMILES string of the molecule is CN(C)CCn1cc(NC(=O)c2cn(-c3ccccc3)nc2-c2cccnc2)cn1. The minimum Gasteiger partial charge on any atom is -0.319 e. The normalized spacial score (nSPS) is 11.0. The van der Waals surface area contributed by atoms with Gasteiger partial charge in [-0.05, 0) is 38.4 Å². The average Bonchev–Trinajstić information content (AvgIpc) is 3.41. The standard InChI is InChI=1S/C22H23N7O/c1-27(2)11-12-28-15-18(14-24-28)25-22(30)20-16-29(19-8-4-3-5-9-19)26-21(20)17-7-6-10-23-13-17/h3-10,13-16H,11-12H2,1-2H3,(H,25,30). The van der Waals surface area contributed by atoms with Crippen molar-refractivity contribution < 1.29 is 4.79 Å². The Morgan fingerprint density at radius 1 is 1.07 bits per heavy atom. The summed E-state index contributed by atoms with van der Waals surface area (Å²) in [5.74, 6) is -0.247. The van der Waals surface area contributed by atoms with Crippen molar-refractivity contribution in [2.24, 2.45) is 0 Å². The van der Waals surface area contributed by atoms with Crippen molar-refractivity contribution in [2.75, 3.05) is 26.0 Å². The van der Waals surface area contributed by atoms with Gasteiger partial charge in [-0.25, -0.2) is 4.68 Å². The highest BCUT2D eigenvalue weighted by atomic mass is 16.1. The molecule has 0 atom stereocenters. The first kappa shape index (κ1) is 19.5. The molecule has 1 N–H and O–H groups in total. The van der Waals surface area contributed by atoms with E-state index >= 15 is 0 Å². The third-order valence-corrected chi connectivity index (χ3v) is 4.58. The van der Waals surface area contributed by atoms with E-state index in [1.807, 2.05) is 67.4 Å². The summed E-state index contributed by atoms with van der Waals surface area (Å²) >= 11 is 0. The van der Waals surface area contributed by atoms with Gasteiger partial charge < -0.3 is 10.2 Å². The van der Waals surface area contributed by atoms with Gasteiger partial charge in [0.05, 0.1) is 29.7 Å². The van der Waals surface area contributed by atoms with Crippen LogP contribution in [0.25, 0.3) is 16.9 Å². The number of carbonyl (C=O) groups excluding carboxylic acids is 1. The summed E-state index contributed by atoms with van der Waals surface area (Å²) in [5, 5.41) is 11.9. The van der Waals surface area contributed by atoms with Crippen LogP contribution in [0.1, 0.15) is 10.4 Å². The molecule has 0 saturated carbocycles. The average molecular weight is 401 g/mol. The largest absolute Gasteiger partial charge is 0.319 e. The highest BCUT2D eigenvalue weighted by Crippen LogP contribution is 2.24. The van der Waals surface area contributed by atoms with Gasteiger partial charge in [0, 0.05) is 36.9 Å². The Kier molecular flexibility index (Phi) is 5.67. The molecule has 3 aromatic heterocycles. The van der Waals surface area contributed by atoms with Gasteiger partial charge in [-0.3, -0.25) is 14.5 Å². The lowest BCUT2D eigenvalue weighted by atomic mass is 10.1. The van der Waals surface area contributed by atoms with Gasteiger partial charge in [-0.2, -0.15) is 10.2 Å². The van der Waals surface area contributed by atoms with Crippen LogP contribution in [0, 0.1) is 0 Å². The first-order chi connectivity index (χ1) is 14.6. The molecule has 30 heavy (non-hydrogen) atoms. The number of hydrogen-bond donors (Lipinski definition) is 1. The molecule has 0 saturated heterocycles. The van der Waals surface area contributed by atoms with Crippen molar-refractivity contribution in [3.63, 3.8) is 0 Å². The molecule has 1 amide bonds. The molecule has 4 rings (SSSR count). The number of nitrogens with one attached hydrogen (secondary N) is 1. The van der Waals surface area contributed by atoms with E-state index in [9.17, 15) is 4.79 Å². The minimum atomic E-state index is -0.247. The van der Waals surface area contributed by atoms with E-state index in [1.54, 1.807) is 29.5 Å². The van der Waals surface area contributed by atoms with Crippen LogP contribution in [0.5, 0.6) is 0 Å². The zero-order valence-electron chi connectivity index (χ0n) is 16.9. The van der Waals surface area contributed by atoms with Crippen LogP contribution in [0.2, 0.25) is 0 Å².